The number of rotatable bonds is 4. The minimum atomic E-state index is -0.406. The summed E-state index contributed by atoms with van der Waals surface area (Å²) < 4.78 is 2.64. The quantitative estimate of drug-likeness (QED) is 0.159. The van der Waals surface area contributed by atoms with Crippen LogP contribution in [0.1, 0.15) is 61.1 Å². The summed E-state index contributed by atoms with van der Waals surface area (Å²) in [7, 11) is 0. The first-order valence-corrected chi connectivity index (χ1v) is 26.1. The fourth-order valence-electron chi connectivity index (χ4n) is 14.5. The molecule has 5 aliphatic rings. The van der Waals surface area contributed by atoms with Crippen LogP contribution in [0.3, 0.4) is 0 Å². The number of anilines is 2. The molecule has 1 nitrogen and oxygen atoms in total. The van der Waals surface area contributed by atoms with E-state index in [1.807, 2.05) is 11.3 Å². The zero-order chi connectivity index (χ0) is 47.4. The second-order valence-corrected chi connectivity index (χ2v) is 22.3. The number of hydrogen-bond acceptors (Lipinski definition) is 2. The Hall–Kier alpha value is -7.78. The molecular weight excluding hydrogens is 875 g/mol. The van der Waals surface area contributed by atoms with Crippen molar-refractivity contribution < 1.29 is 0 Å². The number of benzene rings is 9. The molecule has 0 fully saturated rings. The van der Waals surface area contributed by atoms with Gasteiger partial charge >= 0.3 is 0 Å². The lowest BCUT2D eigenvalue weighted by molar-refractivity contribution is 0.441. The Kier molecular flexibility index (Phi) is 8.33. The van der Waals surface area contributed by atoms with Crippen LogP contribution in [0, 0.1) is 5.92 Å². The van der Waals surface area contributed by atoms with Gasteiger partial charge < -0.3 is 4.90 Å². The molecule has 338 valence electrons. The molecular formula is C69H51NS. The highest BCUT2D eigenvalue weighted by molar-refractivity contribution is 7.26. The van der Waals surface area contributed by atoms with Crippen molar-refractivity contribution in [2.45, 2.75) is 49.5 Å². The minimum absolute atomic E-state index is 0.237. The molecule has 0 saturated carbocycles. The second kappa shape index (κ2) is 14.4. The van der Waals surface area contributed by atoms with Crippen molar-refractivity contribution in [3.8, 4) is 44.5 Å². The second-order valence-electron chi connectivity index (χ2n) is 21.2. The molecule has 2 heteroatoms. The van der Waals surface area contributed by atoms with Crippen LogP contribution in [0.25, 0.3) is 64.7 Å². The Labute approximate surface area is 420 Å². The van der Waals surface area contributed by atoms with Gasteiger partial charge in [0.05, 0.1) is 11.0 Å². The first-order chi connectivity index (χ1) is 34.7. The van der Waals surface area contributed by atoms with Crippen molar-refractivity contribution in [3.05, 3.63) is 275 Å². The van der Waals surface area contributed by atoms with E-state index in [4.69, 9.17) is 0 Å². The summed E-state index contributed by atoms with van der Waals surface area (Å²) in [6, 6.07) is 78.4. The average molecular weight is 926 g/mol. The van der Waals surface area contributed by atoms with Gasteiger partial charge in [-0.2, -0.15) is 0 Å². The van der Waals surface area contributed by atoms with E-state index in [1.165, 1.54) is 121 Å². The summed E-state index contributed by atoms with van der Waals surface area (Å²) in [4.78, 5) is 2.64. The predicted octanol–water partition coefficient (Wildman–Crippen LogP) is 17.9. The zero-order valence-electron chi connectivity index (χ0n) is 40.4. The summed E-state index contributed by atoms with van der Waals surface area (Å²) in [6.45, 7) is 9.75. The van der Waals surface area contributed by atoms with Gasteiger partial charge in [-0.1, -0.05) is 195 Å². The van der Waals surface area contributed by atoms with Gasteiger partial charge in [0.2, 0.25) is 0 Å². The molecule has 4 unspecified atom stereocenters. The van der Waals surface area contributed by atoms with Crippen molar-refractivity contribution >= 4 is 42.9 Å². The van der Waals surface area contributed by atoms with Gasteiger partial charge in [-0.3, -0.25) is 0 Å². The van der Waals surface area contributed by atoms with Crippen molar-refractivity contribution in [1.82, 2.24) is 0 Å². The molecule has 4 aliphatic carbocycles. The van der Waals surface area contributed by atoms with Crippen LogP contribution in [0.4, 0.5) is 11.4 Å². The lowest BCUT2D eigenvalue weighted by atomic mass is 9.52. The number of thiophene rings is 1. The number of nitrogens with zero attached hydrogens (tertiary/aromatic N) is 1. The molecule has 1 aliphatic heterocycles. The third-order valence-corrected chi connectivity index (χ3v) is 18.8. The van der Waals surface area contributed by atoms with Gasteiger partial charge in [0, 0.05) is 47.9 Å². The van der Waals surface area contributed by atoms with Crippen LogP contribution in [0.15, 0.2) is 242 Å². The molecule has 0 bridgehead atoms. The fraction of sp³-hybridized carbons (Fsp3) is 0.130. The molecule has 1 spiro atoms. The van der Waals surface area contributed by atoms with E-state index in [-0.39, 0.29) is 16.7 Å². The molecule has 15 rings (SSSR count). The van der Waals surface area contributed by atoms with E-state index in [9.17, 15) is 0 Å². The molecule has 1 aromatic heterocycles. The van der Waals surface area contributed by atoms with Gasteiger partial charge in [0.25, 0.3) is 0 Å². The smallest absolute Gasteiger partial charge is 0.0833 e. The van der Waals surface area contributed by atoms with Crippen LogP contribution < -0.4 is 4.90 Å². The van der Waals surface area contributed by atoms with E-state index in [1.54, 1.807) is 0 Å². The molecule has 0 amide bonds. The van der Waals surface area contributed by atoms with Crippen molar-refractivity contribution in [1.29, 1.82) is 0 Å². The number of hydrogen-bond donors (Lipinski definition) is 0. The van der Waals surface area contributed by atoms with Crippen LogP contribution in [0.5, 0.6) is 0 Å². The summed E-state index contributed by atoms with van der Waals surface area (Å²) in [6.07, 6.45) is 10.0. The van der Waals surface area contributed by atoms with Crippen molar-refractivity contribution in [3.63, 3.8) is 0 Å². The van der Waals surface area contributed by atoms with E-state index >= 15 is 0 Å². The minimum Gasteiger partial charge on any atom is -0.328 e. The van der Waals surface area contributed by atoms with Crippen LogP contribution in [0.2, 0.25) is 0 Å². The maximum Gasteiger partial charge on any atom is 0.0833 e. The highest BCUT2D eigenvalue weighted by atomic mass is 32.1. The first kappa shape index (κ1) is 41.0. The van der Waals surface area contributed by atoms with E-state index < -0.39 is 11.0 Å². The molecule has 0 N–H and O–H groups in total. The number of para-hydroxylation sites is 1. The Morgan fingerprint density at radius 1 is 0.437 bits per heavy atom. The summed E-state index contributed by atoms with van der Waals surface area (Å²) >= 11 is 1.91. The van der Waals surface area contributed by atoms with Crippen molar-refractivity contribution in [2.24, 2.45) is 5.92 Å². The Balaban J connectivity index is 0.905. The SMILES string of the molecule is CC1C=CC2(C)C3=C1C(C)(c1ccccc1)C=CC3(C)N(c1ccc(-c3cc(-c4ccc5c(c4)C4(c6ccccc6-c6ccccc64)c4ccccc4-5)cc4c3sc3ccccc34)cc1)c1ccccc12. The number of fused-ring (bicyclic) bond motifs is 15. The van der Waals surface area contributed by atoms with Gasteiger partial charge in [0.15, 0.2) is 0 Å². The lowest BCUT2D eigenvalue weighted by Gasteiger charge is -2.59. The normalized spacial score (nSPS) is 22.6. The lowest BCUT2D eigenvalue weighted by Crippen LogP contribution is -2.58. The maximum absolute atomic E-state index is 2.64. The molecule has 2 heterocycles. The van der Waals surface area contributed by atoms with Crippen LogP contribution in [-0.4, -0.2) is 5.54 Å². The molecule has 0 radical (unpaired) electrons. The monoisotopic (exact) mass is 925 g/mol. The largest absolute Gasteiger partial charge is 0.328 e. The van der Waals surface area contributed by atoms with Crippen molar-refractivity contribution in [2.75, 3.05) is 4.90 Å². The van der Waals surface area contributed by atoms with Crippen LogP contribution >= 0.6 is 11.3 Å². The van der Waals surface area contributed by atoms with E-state index in [0.29, 0.717) is 0 Å². The van der Waals surface area contributed by atoms with E-state index in [2.05, 4.69) is 263 Å². The van der Waals surface area contributed by atoms with E-state index in [0.717, 1.165) is 0 Å². The van der Waals surface area contributed by atoms with Gasteiger partial charge in [-0.05, 0) is 153 Å². The Morgan fingerprint density at radius 2 is 1.03 bits per heavy atom. The molecule has 9 aromatic carbocycles. The topological polar surface area (TPSA) is 3.24 Å². The third kappa shape index (κ3) is 5.25. The zero-order valence-corrected chi connectivity index (χ0v) is 41.2. The highest BCUT2D eigenvalue weighted by Gasteiger charge is 2.57. The maximum atomic E-state index is 2.64. The number of allylic oxidation sites excluding steroid dienone is 4. The standard InChI is InChI=1S/C69H51NS/c1-43-36-37-67(3)59-27-15-16-28-61(59)70(68(4)39-38-66(2,63(43)65(67)68)47-18-6-5-7-19-47)48-33-30-44(31-34-48)54-40-46(41-55-53-23-11-17-29-62(53)71-64(54)55)45-32-35-52-51-22-10-14-26-58(51)69(60(52)42-45)56-24-12-8-20-49(56)50-21-9-13-25-57(50)69/h5-43H,1-4H3. The van der Waals surface area contributed by atoms with Crippen LogP contribution in [-0.2, 0) is 16.2 Å². The summed E-state index contributed by atoms with van der Waals surface area (Å²) in [5.74, 6) is 0.286. The Morgan fingerprint density at radius 3 is 1.73 bits per heavy atom. The Bertz CT molecular complexity index is 3950. The average Bonchev–Trinajstić information content (AvgIpc) is 4.07. The molecule has 10 aromatic rings. The first-order valence-electron chi connectivity index (χ1n) is 25.3. The van der Waals surface area contributed by atoms with Gasteiger partial charge in [0.1, 0.15) is 0 Å². The summed E-state index contributed by atoms with van der Waals surface area (Å²) in [5, 5.41) is 2.62. The molecule has 0 saturated heterocycles. The highest BCUT2D eigenvalue weighted by Crippen LogP contribution is 2.65. The summed E-state index contributed by atoms with van der Waals surface area (Å²) in [5.41, 5.74) is 22.6. The van der Waals surface area contributed by atoms with Gasteiger partial charge in [-0.25, -0.2) is 0 Å². The predicted molar refractivity (Wildman–Crippen MR) is 299 cm³/mol. The fourth-order valence-corrected chi connectivity index (χ4v) is 15.8. The van der Waals surface area contributed by atoms with Gasteiger partial charge in [-0.15, -0.1) is 11.3 Å². The molecule has 4 atom stereocenters. The third-order valence-electron chi connectivity index (χ3n) is 17.6. The molecule has 71 heavy (non-hydrogen) atoms.